The Bertz CT molecular complexity index is 658. The van der Waals surface area contributed by atoms with Crippen molar-refractivity contribution in [2.24, 2.45) is 0 Å². The summed E-state index contributed by atoms with van der Waals surface area (Å²) in [5.74, 6) is 0.760. The van der Waals surface area contributed by atoms with Crippen LogP contribution in [0.4, 0.5) is 0 Å². The number of rotatable bonds is 7. The van der Waals surface area contributed by atoms with Crippen LogP contribution < -0.4 is 4.84 Å². The van der Waals surface area contributed by atoms with Crippen LogP contribution in [0.5, 0.6) is 0 Å². The Hall–Kier alpha value is -1.29. The fourth-order valence-electron chi connectivity index (χ4n) is 2.10. The van der Waals surface area contributed by atoms with E-state index in [1.807, 2.05) is 30.3 Å². The molecule has 2 aromatic rings. The molecule has 0 heterocycles. The maximum atomic E-state index is 9.41. The molecule has 110 valence electrons. The van der Waals surface area contributed by atoms with Crippen molar-refractivity contribution in [2.45, 2.75) is 11.5 Å². The smallest absolute Gasteiger partial charge is 0.109 e. The van der Waals surface area contributed by atoms with Gasteiger partial charge in [-0.1, -0.05) is 24.3 Å². The predicted octanol–water partition coefficient (Wildman–Crippen LogP) is 3.62. The molecule has 0 bridgehead atoms. The van der Waals surface area contributed by atoms with Crippen LogP contribution in [-0.2, 0) is 16.4 Å². The minimum Gasteiger partial charge on any atom is -0.240 e. The molecule has 1 N–H and O–H groups in total. The lowest BCUT2D eigenvalue weighted by Gasteiger charge is -2.14. The zero-order valence-electron chi connectivity index (χ0n) is 11.6. The molecule has 0 radical (unpaired) electrons. The summed E-state index contributed by atoms with van der Waals surface area (Å²) in [4.78, 5) is 13.3. The van der Waals surface area contributed by atoms with E-state index in [9.17, 15) is 5.26 Å². The molecule has 4 nitrogen and oxygen atoms in total. The molecule has 0 atom stereocenters. The Morgan fingerprint density at radius 2 is 2.19 bits per heavy atom. The van der Waals surface area contributed by atoms with Crippen molar-refractivity contribution in [1.82, 2.24) is 4.84 Å². The number of hydrogen-bond donors (Lipinski definition) is 1. The van der Waals surface area contributed by atoms with Gasteiger partial charge >= 0.3 is 0 Å². The van der Waals surface area contributed by atoms with Gasteiger partial charge in [0, 0.05) is 22.8 Å². The first kappa shape index (κ1) is 16.1. The molecule has 0 aliphatic heterocycles. The summed E-state index contributed by atoms with van der Waals surface area (Å²) >= 11 is 7.07. The number of benzene rings is 2. The van der Waals surface area contributed by atoms with E-state index in [1.54, 1.807) is 11.8 Å². The largest absolute Gasteiger partial charge is 0.240 e. The van der Waals surface area contributed by atoms with Crippen LogP contribution in [0.15, 0.2) is 35.2 Å². The maximum absolute atomic E-state index is 9.41. The third-order valence-corrected chi connectivity index (χ3v) is 4.34. The maximum Gasteiger partial charge on any atom is 0.109 e. The van der Waals surface area contributed by atoms with E-state index < -0.39 is 0 Å². The topological polar surface area (TPSA) is 54.3 Å². The normalized spacial score (nSPS) is 10.7. The van der Waals surface area contributed by atoms with Gasteiger partial charge in [0.2, 0.25) is 0 Å². The molecule has 2 rings (SSSR count). The molecule has 0 fully saturated rings. The van der Waals surface area contributed by atoms with Gasteiger partial charge in [-0.05, 0) is 28.6 Å². The average molecular weight is 323 g/mol. The standard InChI is InChI=1S/C15H15ClN2O2S/c1-19-20-10-14-13-5-3-2-4-11(13)8-12(9-17)15(14)21-7-6-18-16/h2-5,8,18H,6-7,10H2,1H3. The number of thioether (sulfide) groups is 1. The minimum atomic E-state index is 0.295. The van der Waals surface area contributed by atoms with Gasteiger partial charge in [0.25, 0.3) is 0 Å². The molecule has 0 saturated heterocycles. The number of nitriles is 1. The molecule has 0 spiro atoms. The van der Waals surface area contributed by atoms with Gasteiger partial charge in [-0.2, -0.15) is 5.26 Å². The van der Waals surface area contributed by atoms with E-state index in [4.69, 9.17) is 21.6 Å². The Balaban J connectivity index is 2.52. The molecule has 0 aliphatic rings. The van der Waals surface area contributed by atoms with E-state index >= 15 is 0 Å². The molecule has 2 aromatic carbocycles. The second kappa shape index (κ2) is 8.23. The summed E-state index contributed by atoms with van der Waals surface area (Å²) in [5, 5.41) is 11.5. The van der Waals surface area contributed by atoms with Gasteiger partial charge in [-0.3, -0.25) is 0 Å². The first-order valence-corrected chi connectivity index (χ1v) is 7.74. The summed E-state index contributed by atoms with van der Waals surface area (Å²) in [7, 11) is 1.47. The summed E-state index contributed by atoms with van der Waals surface area (Å²) in [6.45, 7) is 0.942. The third-order valence-electron chi connectivity index (χ3n) is 2.99. The predicted molar refractivity (Wildman–Crippen MR) is 85.0 cm³/mol. The highest BCUT2D eigenvalue weighted by Crippen LogP contribution is 2.33. The van der Waals surface area contributed by atoms with Crippen LogP contribution in [0, 0.1) is 11.3 Å². The minimum absolute atomic E-state index is 0.295. The zero-order valence-corrected chi connectivity index (χ0v) is 13.1. The lowest BCUT2D eigenvalue weighted by molar-refractivity contribution is -0.282. The van der Waals surface area contributed by atoms with Crippen LogP contribution >= 0.6 is 23.5 Å². The summed E-state index contributed by atoms with van der Waals surface area (Å²) in [6.07, 6.45) is 0. The number of nitrogens with zero attached hydrogens (tertiary/aromatic N) is 1. The van der Waals surface area contributed by atoms with Crippen molar-refractivity contribution in [3.05, 3.63) is 41.5 Å². The van der Waals surface area contributed by atoms with Crippen LogP contribution in [-0.4, -0.2) is 19.4 Å². The Morgan fingerprint density at radius 3 is 2.90 bits per heavy atom. The molecule has 0 unspecified atom stereocenters. The van der Waals surface area contributed by atoms with Crippen molar-refractivity contribution in [1.29, 1.82) is 5.26 Å². The lowest BCUT2D eigenvalue weighted by Crippen LogP contribution is -2.05. The van der Waals surface area contributed by atoms with Crippen molar-refractivity contribution in [3.8, 4) is 6.07 Å². The number of halogens is 1. The third kappa shape index (κ3) is 3.88. The Morgan fingerprint density at radius 1 is 1.38 bits per heavy atom. The molecule has 6 heteroatoms. The fourth-order valence-corrected chi connectivity index (χ4v) is 3.32. The second-order valence-corrected chi connectivity index (χ2v) is 5.60. The number of fused-ring (bicyclic) bond motifs is 1. The fraction of sp³-hybridized carbons (Fsp3) is 0.267. The van der Waals surface area contributed by atoms with Crippen LogP contribution in [0.1, 0.15) is 11.1 Å². The highest BCUT2D eigenvalue weighted by atomic mass is 35.5. The molecule has 0 aliphatic carbocycles. The van der Waals surface area contributed by atoms with Gasteiger partial charge in [-0.15, -0.1) is 11.8 Å². The van der Waals surface area contributed by atoms with Crippen molar-refractivity contribution >= 4 is 34.3 Å². The Labute approximate surface area is 133 Å². The van der Waals surface area contributed by atoms with Crippen molar-refractivity contribution in [2.75, 3.05) is 19.4 Å². The quantitative estimate of drug-likeness (QED) is 0.277. The van der Waals surface area contributed by atoms with Crippen LogP contribution in [0.2, 0.25) is 0 Å². The van der Waals surface area contributed by atoms with E-state index in [0.717, 1.165) is 27.0 Å². The van der Waals surface area contributed by atoms with Crippen molar-refractivity contribution in [3.63, 3.8) is 0 Å². The van der Waals surface area contributed by atoms with E-state index in [1.165, 1.54) is 7.11 Å². The molecular formula is C15H15ClN2O2S. The van der Waals surface area contributed by atoms with E-state index in [-0.39, 0.29) is 0 Å². The van der Waals surface area contributed by atoms with Gasteiger partial charge < -0.3 is 0 Å². The highest BCUT2D eigenvalue weighted by Gasteiger charge is 2.14. The first-order chi connectivity index (χ1) is 10.3. The first-order valence-electron chi connectivity index (χ1n) is 6.38. The summed E-state index contributed by atoms with van der Waals surface area (Å²) < 4.78 is 0. The van der Waals surface area contributed by atoms with E-state index in [0.29, 0.717) is 18.7 Å². The lowest BCUT2D eigenvalue weighted by atomic mass is 10.0. The van der Waals surface area contributed by atoms with Gasteiger partial charge in [0.15, 0.2) is 0 Å². The second-order valence-electron chi connectivity index (χ2n) is 4.23. The molecule has 0 aromatic heterocycles. The van der Waals surface area contributed by atoms with E-state index in [2.05, 4.69) is 10.9 Å². The highest BCUT2D eigenvalue weighted by molar-refractivity contribution is 7.99. The molecule has 0 saturated carbocycles. The average Bonchev–Trinajstić information content (AvgIpc) is 2.53. The van der Waals surface area contributed by atoms with Gasteiger partial charge in [-0.25, -0.2) is 14.6 Å². The summed E-state index contributed by atoms with van der Waals surface area (Å²) in [5.41, 5.74) is 1.61. The van der Waals surface area contributed by atoms with Crippen LogP contribution in [0.3, 0.4) is 0 Å². The molecule has 0 amide bonds. The molecular weight excluding hydrogens is 308 g/mol. The number of nitrogens with one attached hydrogen (secondary N) is 1. The van der Waals surface area contributed by atoms with Gasteiger partial charge in [0.05, 0.1) is 12.7 Å². The van der Waals surface area contributed by atoms with Crippen molar-refractivity contribution < 1.29 is 9.78 Å². The number of hydrogen-bond acceptors (Lipinski definition) is 5. The summed E-state index contributed by atoms with van der Waals surface area (Å²) in [6, 6.07) is 12.1. The molecule has 21 heavy (non-hydrogen) atoms. The van der Waals surface area contributed by atoms with Gasteiger partial charge in [0.1, 0.15) is 12.7 Å². The SMILES string of the molecule is COOCc1c(SCCNCl)c(C#N)cc2ccccc12. The zero-order chi connectivity index (χ0) is 15.1. The monoisotopic (exact) mass is 322 g/mol. The van der Waals surface area contributed by atoms with Crippen LogP contribution in [0.25, 0.3) is 10.8 Å². The Kier molecular flexibility index (Phi) is 6.30.